The lowest BCUT2D eigenvalue weighted by Crippen LogP contribution is -1.97. The Morgan fingerprint density at radius 1 is 1.27 bits per heavy atom. The summed E-state index contributed by atoms with van der Waals surface area (Å²) < 4.78 is 7.49. The van der Waals surface area contributed by atoms with Crippen molar-refractivity contribution in [2.45, 2.75) is 13.8 Å². The van der Waals surface area contributed by atoms with Gasteiger partial charge in [0, 0.05) is 18.1 Å². The molecule has 0 bridgehead atoms. The van der Waals surface area contributed by atoms with Crippen molar-refractivity contribution in [3.8, 4) is 5.75 Å². The quantitative estimate of drug-likeness (QED) is 0.724. The molecular formula is C12H16N2O. The van der Waals surface area contributed by atoms with Gasteiger partial charge in [-0.25, -0.2) is 0 Å². The minimum Gasteiger partial charge on any atom is -0.492 e. The molecule has 1 aromatic carbocycles. The molecule has 0 unspecified atom stereocenters. The van der Waals surface area contributed by atoms with Crippen molar-refractivity contribution >= 4 is 16.6 Å². The average molecular weight is 204 g/mol. The van der Waals surface area contributed by atoms with E-state index in [2.05, 4.69) is 24.5 Å². The molecule has 2 aromatic rings. The van der Waals surface area contributed by atoms with Crippen LogP contribution in [0.4, 0.5) is 5.69 Å². The predicted octanol–water partition coefficient (Wildman–Crippen LogP) is 2.39. The van der Waals surface area contributed by atoms with Crippen molar-refractivity contribution in [2.75, 3.05) is 12.8 Å². The lowest BCUT2D eigenvalue weighted by molar-refractivity contribution is 0.420. The zero-order valence-electron chi connectivity index (χ0n) is 9.59. The smallest absolute Gasteiger partial charge is 0.165 e. The lowest BCUT2D eigenvalue weighted by Gasteiger charge is -2.08. The van der Waals surface area contributed by atoms with E-state index in [1.807, 2.05) is 13.1 Å². The first-order valence-electron chi connectivity index (χ1n) is 4.96. The second-order valence-corrected chi connectivity index (χ2v) is 3.85. The Bertz CT molecular complexity index is 526. The molecule has 0 atom stereocenters. The number of rotatable bonds is 1. The van der Waals surface area contributed by atoms with E-state index in [0.29, 0.717) is 5.69 Å². The predicted molar refractivity (Wildman–Crippen MR) is 63.4 cm³/mol. The van der Waals surface area contributed by atoms with Crippen LogP contribution in [0.1, 0.15) is 11.3 Å². The fraction of sp³-hybridized carbons (Fsp3) is 0.333. The van der Waals surface area contributed by atoms with Crippen molar-refractivity contribution in [1.29, 1.82) is 0 Å². The Morgan fingerprint density at radius 2 is 1.93 bits per heavy atom. The highest BCUT2D eigenvalue weighted by Crippen LogP contribution is 2.35. The molecule has 2 N–H and O–H groups in total. The van der Waals surface area contributed by atoms with Crippen LogP contribution in [0.2, 0.25) is 0 Å². The highest BCUT2D eigenvalue weighted by Gasteiger charge is 2.14. The standard InChI is InChI=1S/C12H16N2O/c1-7-8(2)14(3)11-9(7)5-6-10(13)12(11)15-4/h5-6H,13H2,1-4H3. The van der Waals surface area contributed by atoms with Crippen LogP contribution >= 0.6 is 0 Å². The van der Waals surface area contributed by atoms with E-state index >= 15 is 0 Å². The number of fused-ring (bicyclic) bond motifs is 1. The molecule has 0 aliphatic heterocycles. The number of nitrogens with two attached hydrogens (primary N) is 1. The van der Waals surface area contributed by atoms with Gasteiger partial charge >= 0.3 is 0 Å². The molecule has 2 rings (SSSR count). The van der Waals surface area contributed by atoms with Gasteiger partial charge in [-0.05, 0) is 25.5 Å². The number of nitrogens with zero attached hydrogens (tertiary/aromatic N) is 1. The molecule has 0 saturated carbocycles. The minimum atomic E-state index is 0.686. The molecule has 0 radical (unpaired) electrons. The highest BCUT2D eigenvalue weighted by molar-refractivity contribution is 5.94. The van der Waals surface area contributed by atoms with Gasteiger partial charge in [0.2, 0.25) is 0 Å². The molecule has 0 spiro atoms. The molecule has 0 fully saturated rings. The van der Waals surface area contributed by atoms with Gasteiger partial charge in [0.25, 0.3) is 0 Å². The molecule has 15 heavy (non-hydrogen) atoms. The van der Waals surface area contributed by atoms with Crippen LogP contribution in [-0.2, 0) is 7.05 Å². The zero-order valence-corrected chi connectivity index (χ0v) is 9.59. The van der Waals surface area contributed by atoms with Gasteiger partial charge in [0.15, 0.2) is 5.75 Å². The summed E-state index contributed by atoms with van der Waals surface area (Å²) in [5, 5.41) is 1.21. The fourth-order valence-electron chi connectivity index (χ4n) is 2.05. The van der Waals surface area contributed by atoms with Gasteiger partial charge in [-0.1, -0.05) is 6.07 Å². The monoisotopic (exact) mass is 204 g/mol. The first kappa shape index (κ1) is 9.90. The van der Waals surface area contributed by atoms with E-state index in [-0.39, 0.29) is 0 Å². The fourth-order valence-corrected chi connectivity index (χ4v) is 2.05. The third-order valence-corrected chi connectivity index (χ3v) is 3.15. The van der Waals surface area contributed by atoms with E-state index in [1.54, 1.807) is 7.11 Å². The van der Waals surface area contributed by atoms with Gasteiger partial charge in [-0.15, -0.1) is 0 Å². The van der Waals surface area contributed by atoms with Crippen LogP contribution in [0.15, 0.2) is 12.1 Å². The number of nitrogen functional groups attached to an aromatic ring is 1. The van der Waals surface area contributed by atoms with Crippen molar-refractivity contribution in [2.24, 2.45) is 7.05 Å². The van der Waals surface area contributed by atoms with Crippen LogP contribution in [0.5, 0.6) is 5.75 Å². The van der Waals surface area contributed by atoms with Gasteiger partial charge in [0.1, 0.15) is 0 Å². The maximum absolute atomic E-state index is 5.89. The number of aryl methyl sites for hydroxylation is 2. The number of aromatic nitrogens is 1. The van der Waals surface area contributed by atoms with Crippen molar-refractivity contribution in [1.82, 2.24) is 4.57 Å². The summed E-state index contributed by atoms with van der Waals surface area (Å²) in [6.07, 6.45) is 0. The summed E-state index contributed by atoms with van der Waals surface area (Å²) in [5.41, 5.74) is 10.2. The first-order valence-corrected chi connectivity index (χ1v) is 4.96. The van der Waals surface area contributed by atoms with Crippen LogP contribution in [0.25, 0.3) is 10.9 Å². The van der Waals surface area contributed by atoms with Crippen molar-refractivity contribution < 1.29 is 4.74 Å². The molecule has 1 aromatic heterocycles. The zero-order chi connectivity index (χ0) is 11.2. The van der Waals surface area contributed by atoms with Crippen LogP contribution in [-0.4, -0.2) is 11.7 Å². The van der Waals surface area contributed by atoms with E-state index in [9.17, 15) is 0 Å². The molecule has 1 heterocycles. The normalized spacial score (nSPS) is 10.9. The third-order valence-electron chi connectivity index (χ3n) is 3.15. The average Bonchev–Trinajstić information content (AvgIpc) is 2.44. The first-order chi connectivity index (χ1) is 7.07. The Kier molecular flexibility index (Phi) is 2.11. The van der Waals surface area contributed by atoms with Gasteiger partial charge in [0.05, 0.1) is 18.3 Å². The summed E-state index contributed by atoms with van der Waals surface area (Å²) in [7, 11) is 3.69. The second kappa shape index (κ2) is 3.19. The van der Waals surface area contributed by atoms with E-state index in [4.69, 9.17) is 10.5 Å². The molecule has 0 amide bonds. The van der Waals surface area contributed by atoms with Crippen LogP contribution in [0.3, 0.4) is 0 Å². The summed E-state index contributed by atoms with van der Waals surface area (Å²) in [5.74, 6) is 0.770. The number of hydrogen-bond acceptors (Lipinski definition) is 2. The topological polar surface area (TPSA) is 40.2 Å². The third kappa shape index (κ3) is 1.19. The Hall–Kier alpha value is -1.64. The maximum Gasteiger partial charge on any atom is 0.165 e. The van der Waals surface area contributed by atoms with Crippen molar-refractivity contribution in [3.05, 3.63) is 23.4 Å². The number of anilines is 1. The second-order valence-electron chi connectivity index (χ2n) is 3.85. The molecule has 3 heteroatoms. The Balaban J connectivity index is 2.98. The molecule has 0 aliphatic carbocycles. The van der Waals surface area contributed by atoms with Crippen LogP contribution in [0, 0.1) is 13.8 Å². The van der Waals surface area contributed by atoms with E-state index in [1.165, 1.54) is 16.6 Å². The highest BCUT2D eigenvalue weighted by atomic mass is 16.5. The summed E-state index contributed by atoms with van der Waals surface area (Å²) >= 11 is 0. The molecule has 0 aliphatic rings. The van der Waals surface area contributed by atoms with Gasteiger partial charge in [-0.3, -0.25) is 0 Å². The maximum atomic E-state index is 5.89. The summed E-state index contributed by atoms with van der Waals surface area (Å²) in [6, 6.07) is 3.95. The van der Waals surface area contributed by atoms with E-state index in [0.717, 1.165) is 11.3 Å². The molecule has 80 valence electrons. The summed E-state index contributed by atoms with van der Waals surface area (Å²) in [4.78, 5) is 0. The molecular weight excluding hydrogens is 188 g/mol. The van der Waals surface area contributed by atoms with Gasteiger partial charge in [-0.2, -0.15) is 0 Å². The Morgan fingerprint density at radius 3 is 2.53 bits per heavy atom. The van der Waals surface area contributed by atoms with Gasteiger partial charge < -0.3 is 15.0 Å². The van der Waals surface area contributed by atoms with E-state index < -0.39 is 0 Å². The Labute approximate surface area is 89.4 Å². The SMILES string of the molecule is COc1c(N)ccc2c(C)c(C)n(C)c12. The molecule has 0 saturated heterocycles. The lowest BCUT2D eigenvalue weighted by atomic mass is 10.1. The molecule has 3 nitrogen and oxygen atoms in total. The largest absolute Gasteiger partial charge is 0.492 e. The van der Waals surface area contributed by atoms with Crippen LogP contribution < -0.4 is 10.5 Å². The minimum absolute atomic E-state index is 0.686. The number of benzene rings is 1. The number of ether oxygens (including phenoxy) is 1. The number of hydrogen-bond donors (Lipinski definition) is 1. The number of methoxy groups -OCH3 is 1. The summed E-state index contributed by atoms with van der Waals surface area (Å²) in [6.45, 7) is 4.22. The van der Waals surface area contributed by atoms with Crippen molar-refractivity contribution in [3.63, 3.8) is 0 Å².